The predicted octanol–water partition coefficient (Wildman–Crippen LogP) is 5.63. The SMILES string of the molecule is Cc1ccc(C2=C(Nc3ccc(Cl)cc3C)C(=O)N(c3ccc(F)cc3F)C2=O)cc1. The van der Waals surface area contributed by atoms with E-state index in [2.05, 4.69) is 5.32 Å². The smallest absolute Gasteiger partial charge is 0.282 e. The van der Waals surface area contributed by atoms with Gasteiger partial charge in [0, 0.05) is 16.8 Å². The highest BCUT2D eigenvalue weighted by Crippen LogP contribution is 2.35. The molecule has 0 fully saturated rings. The molecule has 0 unspecified atom stereocenters. The molecule has 1 aliphatic heterocycles. The maximum atomic E-state index is 14.5. The summed E-state index contributed by atoms with van der Waals surface area (Å²) < 4.78 is 27.8. The predicted molar refractivity (Wildman–Crippen MR) is 117 cm³/mol. The topological polar surface area (TPSA) is 49.4 Å². The standard InChI is InChI=1S/C24H17ClF2N2O2/c1-13-3-5-15(6-4-13)21-22(28-19-9-7-16(25)11-14(19)2)24(31)29(23(21)30)20-10-8-17(26)12-18(20)27/h3-12,28H,1-2H3. The molecule has 0 bridgehead atoms. The molecule has 156 valence electrons. The van der Waals surface area contributed by atoms with Crippen LogP contribution in [-0.2, 0) is 9.59 Å². The molecule has 0 saturated carbocycles. The van der Waals surface area contributed by atoms with Gasteiger partial charge in [-0.15, -0.1) is 0 Å². The van der Waals surface area contributed by atoms with Gasteiger partial charge >= 0.3 is 0 Å². The highest BCUT2D eigenvalue weighted by molar-refractivity contribution is 6.46. The van der Waals surface area contributed by atoms with Gasteiger partial charge in [-0.25, -0.2) is 13.7 Å². The van der Waals surface area contributed by atoms with Crippen molar-refractivity contribution in [2.75, 3.05) is 10.2 Å². The van der Waals surface area contributed by atoms with E-state index in [-0.39, 0.29) is 17.0 Å². The fourth-order valence-corrected chi connectivity index (χ4v) is 3.64. The Morgan fingerprint density at radius 3 is 2.23 bits per heavy atom. The molecule has 1 N–H and O–H groups in total. The molecule has 4 rings (SSSR count). The van der Waals surface area contributed by atoms with E-state index in [9.17, 15) is 18.4 Å². The highest BCUT2D eigenvalue weighted by atomic mass is 35.5. The zero-order valence-electron chi connectivity index (χ0n) is 16.7. The molecule has 1 aliphatic rings. The second-order valence-electron chi connectivity index (χ2n) is 7.24. The first-order chi connectivity index (χ1) is 14.8. The average Bonchev–Trinajstić information content (AvgIpc) is 2.95. The summed E-state index contributed by atoms with van der Waals surface area (Å²) in [5, 5.41) is 3.55. The molecule has 0 saturated heterocycles. The van der Waals surface area contributed by atoms with Crippen molar-refractivity contribution in [3.05, 3.63) is 99.7 Å². The van der Waals surface area contributed by atoms with E-state index in [1.807, 2.05) is 19.1 Å². The quantitative estimate of drug-likeness (QED) is 0.537. The highest BCUT2D eigenvalue weighted by Gasteiger charge is 2.41. The van der Waals surface area contributed by atoms with E-state index >= 15 is 0 Å². The molecule has 0 spiro atoms. The van der Waals surface area contributed by atoms with Gasteiger partial charge in [0.25, 0.3) is 11.8 Å². The molecular formula is C24H17ClF2N2O2. The zero-order chi connectivity index (χ0) is 22.3. The lowest BCUT2D eigenvalue weighted by Crippen LogP contribution is -2.33. The van der Waals surface area contributed by atoms with Crippen LogP contribution in [0.1, 0.15) is 16.7 Å². The third-order valence-electron chi connectivity index (χ3n) is 5.02. The average molecular weight is 439 g/mol. The van der Waals surface area contributed by atoms with Gasteiger partial charge in [-0.3, -0.25) is 9.59 Å². The lowest BCUT2D eigenvalue weighted by atomic mass is 10.0. The molecule has 1 heterocycles. The summed E-state index contributed by atoms with van der Waals surface area (Å²) in [6.45, 7) is 3.70. The van der Waals surface area contributed by atoms with Crippen molar-refractivity contribution in [1.29, 1.82) is 0 Å². The monoisotopic (exact) mass is 438 g/mol. The molecule has 2 amide bonds. The van der Waals surface area contributed by atoms with Crippen LogP contribution >= 0.6 is 11.6 Å². The fraction of sp³-hybridized carbons (Fsp3) is 0.0833. The Bertz CT molecular complexity index is 1250. The lowest BCUT2D eigenvalue weighted by molar-refractivity contribution is -0.120. The summed E-state index contributed by atoms with van der Waals surface area (Å²) >= 11 is 6.02. The second kappa shape index (κ2) is 7.96. The number of carbonyl (C=O) groups is 2. The first kappa shape index (κ1) is 20.8. The molecule has 0 aromatic heterocycles. The van der Waals surface area contributed by atoms with Gasteiger partial charge in [-0.1, -0.05) is 41.4 Å². The van der Waals surface area contributed by atoms with Crippen LogP contribution in [0, 0.1) is 25.5 Å². The van der Waals surface area contributed by atoms with E-state index in [1.165, 1.54) is 0 Å². The van der Waals surface area contributed by atoms with Gasteiger partial charge in [-0.05, 0) is 55.3 Å². The van der Waals surface area contributed by atoms with Gasteiger partial charge in [0.15, 0.2) is 0 Å². The van der Waals surface area contributed by atoms with Crippen molar-refractivity contribution in [3.8, 4) is 0 Å². The maximum Gasteiger partial charge on any atom is 0.282 e. The Morgan fingerprint density at radius 1 is 0.871 bits per heavy atom. The molecule has 4 nitrogen and oxygen atoms in total. The lowest BCUT2D eigenvalue weighted by Gasteiger charge is -2.16. The van der Waals surface area contributed by atoms with Gasteiger partial charge in [0.2, 0.25) is 0 Å². The third kappa shape index (κ3) is 3.82. The van der Waals surface area contributed by atoms with E-state index < -0.39 is 23.4 Å². The van der Waals surface area contributed by atoms with Crippen LogP contribution in [0.4, 0.5) is 20.2 Å². The number of halogens is 3. The number of anilines is 2. The summed E-state index contributed by atoms with van der Waals surface area (Å²) in [6, 6.07) is 14.8. The zero-order valence-corrected chi connectivity index (χ0v) is 17.4. The fourth-order valence-electron chi connectivity index (χ4n) is 3.42. The summed E-state index contributed by atoms with van der Waals surface area (Å²) in [4.78, 5) is 27.3. The first-order valence-electron chi connectivity index (χ1n) is 9.44. The van der Waals surface area contributed by atoms with Crippen LogP contribution in [0.15, 0.2) is 66.4 Å². The summed E-state index contributed by atoms with van der Waals surface area (Å²) in [5.74, 6) is -3.25. The number of nitrogens with one attached hydrogen (secondary N) is 1. The Hall–Kier alpha value is -3.51. The van der Waals surface area contributed by atoms with Gasteiger partial charge in [-0.2, -0.15) is 0 Å². The molecule has 0 radical (unpaired) electrons. The number of hydrogen-bond donors (Lipinski definition) is 1. The summed E-state index contributed by atoms with van der Waals surface area (Å²) in [5.41, 5.74) is 2.60. The Balaban J connectivity index is 1.85. The Kier molecular flexibility index (Phi) is 5.33. The Morgan fingerprint density at radius 2 is 1.58 bits per heavy atom. The number of hydrogen-bond acceptors (Lipinski definition) is 3. The maximum absolute atomic E-state index is 14.5. The first-order valence-corrected chi connectivity index (χ1v) is 9.82. The largest absolute Gasteiger partial charge is 0.350 e. The van der Waals surface area contributed by atoms with Crippen molar-refractivity contribution in [1.82, 2.24) is 0 Å². The van der Waals surface area contributed by atoms with Crippen molar-refractivity contribution in [3.63, 3.8) is 0 Å². The minimum absolute atomic E-state index is 0.00278. The number of aryl methyl sites for hydroxylation is 2. The van der Waals surface area contributed by atoms with Gasteiger partial charge in [0.05, 0.1) is 11.3 Å². The molecular weight excluding hydrogens is 422 g/mol. The Labute approximate surface area is 182 Å². The number of rotatable bonds is 4. The van der Waals surface area contributed by atoms with E-state index in [1.54, 1.807) is 37.3 Å². The number of benzene rings is 3. The van der Waals surface area contributed by atoms with E-state index in [4.69, 9.17) is 11.6 Å². The number of amides is 2. The second-order valence-corrected chi connectivity index (χ2v) is 7.68. The molecule has 0 aliphatic carbocycles. The van der Waals surface area contributed by atoms with Gasteiger partial charge < -0.3 is 5.32 Å². The van der Waals surface area contributed by atoms with Crippen molar-refractivity contribution >= 4 is 40.4 Å². The van der Waals surface area contributed by atoms with Crippen LogP contribution in [0.5, 0.6) is 0 Å². The van der Waals surface area contributed by atoms with E-state index in [0.29, 0.717) is 22.3 Å². The molecule has 3 aromatic carbocycles. The minimum Gasteiger partial charge on any atom is -0.350 e. The third-order valence-corrected chi connectivity index (χ3v) is 5.26. The number of nitrogens with zero attached hydrogens (tertiary/aromatic N) is 1. The summed E-state index contributed by atoms with van der Waals surface area (Å²) in [7, 11) is 0. The van der Waals surface area contributed by atoms with E-state index in [0.717, 1.165) is 28.2 Å². The normalized spacial score (nSPS) is 13.9. The summed E-state index contributed by atoms with van der Waals surface area (Å²) in [6.07, 6.45) is 0. The van der Waals surface area contributed by atoms with Crippen LogP contribution in [0.25, 0.3) is 5.57 Å². The van der Waals surface area contributed by atoms with Crippen molar-refractivity contribution in [2.45, 2.75) is 13.8 Å². The van der Waals surface area contributed by atoms with Crippen LogP contribution < -0.4 is 10.2 Å². The minimum atomic E-state index is -1.01. The van der Waals surface area contributed by atoms with Crippen LogP contribution in [-0.4, -0.2) is 11.8 Å². The molecule has 31 heavy (non-hydrogen) atoms. The van der Waals surface area contributed by atoms with Gasteiger partial charge in [0.1, 0.15) is 17.3 Å². The van der Waals surface area contributed by atoms with Crippen molar-refractivity contribution < 1.29 is 18.4 Å². The number of imide groups is 1. The van der Waals surface area contributed by atoms with Crippen LogP contribution in [0.2, 0.25) is 5.02 Å². The molecule has 0 atom stereocenters. The van der Waals surface area contributed by atoms with Crippen molar-refractivity contribution in [2.24, 2.45) is 0 Å². The van der Waals surface area contributed by atoms with Crippen LogP contribution in [0.3, 0.4) is 0 Å². The molecule has 3 aromatic rings. The number of carbonyl (C=O) groups excluding carboxylic acids is 2. The molecule has 7 heteroatoms.